The van der Waals surface area contributed by atoms with Gasteiger partial charge in [-0.05, 0) is 19.8 Å². The molecule has 18 heavy (non-hydrogen) atoms. The van der Waals surface area contributed by atoms with E-state index >= 15 is 0 Å². The third-order valence-corrected chi connectivity index (χ3v) is 2.63. The molecule has 0 aromatic heterocycles. The second kappa shape index (κ2) is 16.0. The molecule has 0 saturated heterocycles. The summed E-state index contributed by atoms with van der Waals surface area (Å²) < 4.78 is 0. The van der Waals surface area contributed by atoms with E-state index < -0.39 is 5.97 Å². The van der Waals surface area contributed by atoms with Crippen LogP contribution in [0.5, 0.6) is 0 Å². The Balaban J connectivity index is 0. The first-order chi connectivity index (χ1) is 8.56. The van der Waals surface area contributed by atoms with Gasteiger partial charge in [0.1, 0.15) is 0 Å². The molecule has 2 heteroatoms. The predicted octanol–water partition coefficient (Wildman–Crippen LogP) is 5.35. The largest absolute Gasteiger partial charge is 0.478 e. The van der Waals surface area contributed by atoms with Gasteiger partial charge < -0.3 is 5.11 Å². The number of unbranched alkanes of at least 4 members (excludes halogenated alkanes) is 8. The average Bonchev–Trinajstić information content (AvgIpc) is 2.33. The molecule has 0 aliphatic carbocycles. The zero-order valence-corrected chi connectivity index (χ0v) is 12.2. The van der Waals surface area contributed by atoms with E-state index in [4.69, 9.17) is 5.11 Å². The van der Waals surface area contributed by atoms with Crippen molar-refractivity contribution in [3.63, 3.8) is 0 Å². The Kier molecular flexibility index (Phi) is 17.1. The minimum atomic E-state index is -0.935. The Hall–Kier alpha value is -1.05. The third-order valence-electron chi connectivity index (χ3n) is 2.63. The van der Waals surface area contributed by atoms with Crippen LogP contribution < -0.4 is 0 Å². The molecule has 0 aromatic carbocycles. The summed E-state index contributed by atoms with van der Waals surface area (Å²) in [4.78, 5) is 9.60. The first-order valence-electron chi connectivity index (χ1n) is 7.05. The van der Waals surface area contributed by atoms with E-state index in [1.165, 1.54) is 64.7 Å². The molecule has 0 aromatic rings. The molecule has 0 spiro atoms. The monoisotopic (exact) mass is 254 g/mol. The maximum absolute atomic E-state index is 9.60. The van der Waals surface area contributed by atoms with E-state index in [1.807, 2.05) is 6.08 Å². The summed E-state index contributed by atoms with van der Waals surface area (Å²) in [6.45, 7) is 10.6. The van der Waals surface area contributed by atoms with Crippen LogP contribution in [0.1, 0.15) is 71.6 Å². The minimum absolute atomic E-state index is 0.176. The van der Waals surface area contributed by atoms with Crippen LogP contribution in [-0.4, -0.2) is 11.1 Å². The third kappa shape index (κ3) is 20.4. The van der Waals surface area contributed by atoms with E-state index in [9.17, 15) is 4.79 Å². The van der Waals surface area contributed by atoms with Gasteiger partial charge in [0.05, 0.1) is 0 Å². The second-order valence-corrected chi connectivity index (χ2v) is 4.64. The van der Waals surface area contributed by atoms with Crippen molar-refractivity contribution in [2.45, 2.75) is 71.6 Å². The summed E-state index contributed by atoms with van der Waals surface area (Å²) in [6.07, 6.45) is 14.5. The molecule has 0 radical (unpaired) electrons. The first-order valence-corrected chi connectivity index (χ1v) is 7.05. The predicted molar refractivity (Wildman–Crippen MR) is 79.9 cm³/mol. The highest BCUT2D eigenvalue weighted by molar-refractivity contribution is 5.84. The van der Waals surface area contributed by atoms with Gasteiger partial charge in [-0.15, -0.1) is 6.58 Å². The lowest BCUT2D eigenvalue weighted by atomic mass is 10.1. The number of allylic oxidation sites excluding steroid dienone is 1. The lowest BCUT2D eigenvalue weighted by Crippen LogP contribution is -1.92. The van der Waals surface area contributed by atoms with E-state index in [-0.39, 0.29) is 5.57 Å². The van der Waals surface area contributed by atoms with Crippen molar-refractivity contribution in [2.75, 3.05) is 0 Å². The minimum Gasteiger partial charge on any atom is -0.478 e. The zero-order chi connectivity index (χ0) is 14.2. The molecule has 0 unspecified atom stereocenters. The molecule has 106 valence electrons. The fraction of sp³-hybridized carbons (Fsp3) is 0.688. The summed E-state index contributed by atoms with van der Waals surface area (Å²) in [5.74, 6) is -0.935. The standard InChI is InChI=1S/C12H24.C4H6O2/c1-3-5-7-9-11-12-10-8-6-4-2;1-3(2)4(5)6/h3H,1,4-12H2,2H3;1H2,2H3,(H,5,6). The van der Waals surface area contributed by atoms with Crippen LogP contribution in [0.15, 0.2) is 24.8 Å². The van der Waals surface area contributed by atoms with E-state index in [0.717, 1.165) is 0 Å². The van der Waals surface area contributed by atoms with Gasteiger partial charge >= 0.3 is 5.97 Å². The number of hydrogen-bond acceptors (Lipinski definition) is 1. The average molecular weight is 254 g/mol. The van der Waals surface area contributed by atoms with Gasteiger partial charge in [-0.25, -0.2) is 4.79 Å². The summed E-state index contributed by atoms with van der Waals surface area (Å²) in [5.41, 5.74) is 0.176. The quantitative estimate of drug-likeness (QED) is 0.324. The summed E-state index contributed by atoms with van der Waals surface area (Å²) in [6, 6.07) is 0. The van der Waals surface area contributed by atoms with Crippen molar-refractivity contribution in [1.29, 1.82) is 0 Å². The van der Waals surface area contributed by atoms with Crippen molar-refractivity contribution in [3.05, 3.63) is 24.8 Å². The molecule has 0 aliphatic heterocycles. The molecule has 0 atom stereocenters. The van der Waals surface area contributed by atoms with Gasteiger partial charge in [0.15, 0.2) is 0 Å². The Labute approximate surface area is 113 Å². The van der Waals surface area contributed by atoms with Gasteiger partial charge in [-0.2, -0.15) is 0 Å². The summed E-state index contributed by atoms with van der Waals surface area (Å²) >= 11 is 0. The molecule has 0 fully saturated rings. The normalized spacial score (nSPS) is 9.22. The van der Waals surface area contributed by atoms with Crippen molar-refractivity contribution >= 4 is 5.97 Å². The van der Waals surface area contributed by atoms with E-state index in [2.05, 4.69) is 20.1 Å². The fourth-order valence-electron chi connectivity index (χ4n) is 1.42. The highest BCUT2D eigenvalue weighted by atomic mass is 16.4. The smallest absolute Gasteiger partial charge is 0.330 e. The molecule has 0 bridgehead atoms. The summed E-state index contributed by atoms with van der Waals surface area (Å²) in [7, 11) is 0. The van der Waals surface area contributed by atoms with E-state index in [1.54, 1.807) is 0 Å². The molecule has 0 heterocycles. The lowest BCUT2D eigenvalue weighted by molar-refractivity contribution is -0.132. The highest BCUT2D eigenvalue weighted by Crippen LogP contribution is 2.09. The van der Waals surface area contributed by atoms with Crippen LogP contribution in [0.3, 0.4) is 0 Å². The molecule has 2 nitrogen and oxygen atoms in total. The van der Waals surface area contributed by atoms with E-state index in [0.29, 0.717) is 0 Å². The Morgan fingerprint density at radius 1 is 1.06 bits per heavy atom. The molecule has 0 aliphatic rings. The number of aliphatic carboxylic acids is 1. The van der Waals surface area contributed by atoms with Crippen molar-refractivity contribution in [1.82, 2.24) is 0 Å². The van der Waals surface area contributed by atoms with Gasteiger partial charge in [-0.3, -0.25) is 0 Å². The number of carboxylic acid groups (broad SMARTS) is 1. The fourth-order valence-corrected chi connectivity index (χ4v) is 1.42. The van der Waals surface area contributed by atoms with Gasteiger partial charge in [-0.1, -0.05) is 64.5 Å². The SMILES string of the molecule is C=C(C)C(=O)O.C=CCCCCCCCCCC. The molecular weight excluding hydrogens is 224 g/mol. The molecule has 1 N–H and O–H groups in total. The number of carboxylic acids is 1. The van der Waals surface area contributed by atoms with Crippen LogP contribution in [0.25, 0.3) is 0 Å². The van der Waals surface area contributed by atoms with Gasteiger partial charge in [0.25, 0.3) is 0 Å². The maximum atomic E-state index is 9.60. The zero-order valence-electron chi connectivity index (χ0n) is 12.2. The molecule has 0 rings (SSSR count). The van der Waals surface area contributed by atoms with Gasteiger partial charge in [0, 0.05) is 5.57 Å². The first kappa shape index (κ1) is 19.3. The second-order valence-electron chi connectivity index (χ2n) is 4.64. The van der Waals surface area contributed by atoms with Crippen molar-refractivity contribution in [2.24, 2.45) is 0 Å². The molecule has 0 saturated carbocycles. The van der Waals surface area contributed by atoms with Crippen LogP contribution in [0, 0.1) is 0 Å². The topological polar surface area (TPSA) is 37.3 Å². The van der Waals surface area contributed by atoms with Crippen LogP contribution in [0.4, 0.5) is 0 Å². The van der Waals surface area contributed by atoms with Crippen molar-refractivity contribution < 1.29 is 9.90 Å². The Morgan fingerprint density at radius 2 is 1.44 bits per heavy atom. The Bertz CT molecular complexity index is 207. The number of carbonyl (C=O) groups is 1. The number of rotatable bonds is 10. The van der Waals surface area contributed by atoms with Gasteiger partial charge in [0.2, 0.25) is 0 Å². The van der Waals surface area contributed by atoms with Crippen LogP contribution in [-0.2, 0) is 4.79 Å². The van der Waals surface area contributed by atoms with Crippen LogP contribution in [0.2, 0.25) is 0 Å². The highest BCUT2D eigenvalue weighted by Gasteiger charge is 1.90. The lowest BCUT2D eigenvalue weighted by Gasteiger charge is -1.99. The maximum Gasteiger partial charge on any atom is 0.330 e. The van der Waals surface area contributed by atoms with Crippen molar-refractivity contribution in [3.8, 4) is 0 Å². The molecular formula is C16H30O2. The number of hydrogen-bond donors (Lipinski definition) is 1. The Morgan fingerprint density at radius 3 is 1.78 bits per heavy atom. The molecule has 0 amide bonds. The van der Waals surface area contributed by atoms with Crippen LogP contribution >= 0.6 is 0 Å². The summed E-state index contributed by atoms with van der Waals surface area (Å²) in [5, 5.41) is 7.89.